The minimum absolute atomic E-state index is 0.428. The van der Waals surface area contributed by atoms with Crippen LogP contribution in [-0.4, -0.2) is 28.6 Å². The van der Waals surface area contributed by atoms with Crippen LogP contribution in [0, 0.1) is 0 Å². The number of hydrogen-bond donors (Lipinski definition) is 1. The first kappa shape index (κ1) is 16.4. The fourth-order valence-electron chi connectivity index (χ4n) is 2.93. The molecular weight excluding hydrogens is 337 g/mol. The molecule has 122 valence electrons. The predicted octanol–water partition coefficient (Wildman–Crippen LogP) is 4.69. The van der Waals surface area contributed by atoms with Crippen LogP contribution in [0.2, 0.25) is 10.0 Å². The van der Waals surface area contributed by atoms with Gasteiger partial charge in [-0.05, 0) is 49.7 Å². The Morgan fingerprint density at radius 3 is 2.78 bits per heavy atom. The van der Waals surface area contributed by atoms with Crippen LogP contribution in [0.25, 0.3) is 11.3 Å². The largest absolute Gasteiger partial charge is 0.480 e. The van der Waals surface area contributed by atoms with Gasteiger partial charge in [-0.3, -0.25) is 9.69 Å². The van der Waals surface area contributed by atoms with E-state index in [1.165, 1.54) is 0 Å². The van der Waals surface area contributed by atoms with Gasteiger partial charge in [-0.25, -0.2) is 0 Å². The van der Waals surface area contributed by atoms with Crippen molar-refractivity contribution in [1.82, 2.24) is 4.90 Å². The van der Waals surface area contributed by atoms with E-state index in [9.17, 15) is 9.90 Å². The summed E-state index contributed by atoms with van der Waals surface area (Å²) in [5.74, 6) is 0.683. The average molecular weight is 354 g/mol. The number of piperidine rings is 1. The Morgan fingerprint density at radius 1 is 1.22 bits per heavy atom. The van der Waals surface area contributed by atoms with Crippen LogP contribution >= 0.6 is 23.2 Å². The van der Waals surface area contributed by atoms with Crippen molar-refractivity contribution >= 4 is 29.2 Å². The van der Waals surface area contributed by atoms with E-state index in [0.29, 0.717) is 28.8 Å². The van der Waals surface area contributed by atoms with Crippen molar-refractivity contribution in [3.63, 3.8) is 0 Å². The zero-order valence-electron chi connectivity index (χ0n) is 12.5. The van der Waals surface area contributed by atoms with Gasteiger partial charge in [0.15, 0.2) is 0 Å². The third-order valence-electron chi connectivity index (χ3n) is 4.12. The fourth-order valence-corrected chi connectivity index (χ4v) is 3.23. The molecule has 4 nitrogen and oxygen atoms in total. The molecule has 0 aliphatic carbocycles. The van der Waals surface area contributed by atoms with Crippen LogP contribution in [-0.2, 0) is 11.3 Å². The molecule has 1 N–H and O–H groups in total. The quantitative estimate of drug-likeness (QED) is 0.865. The van der Waals surface area contributed by atoms with Gasteiger partial charge in [0.25, 0.3) is 0 Å². The van der Waals surface area contributed by atoms with E-state index in [1.807, 2.05) is 23.1 Å². The van der Waals surface area contributed by atoms with Crippen LogP contribution in [0.3, 0.4) is 0 Å². The molecule has 1 unspecified atom stereocenters. The monoisotopic (exact) mass is 353 g/mol. The van der Waals surface area contributed by atoms with Gasteiger partial charge in [0, 0.05) is 5.56 Å². The lowest BCUT2D eigenvalue weighted by molar-refractivity contribution is -0.144. The van der Waals surface area contributed by atoms with Crippen molar-refractivity contribution in [1.29, 1.82) is 0 Å². The maximum absolute atomic E-state index is 11.4. The van der Waals surface area contributed by atoms with Gasteiger partial charge < -0.3 is 9.52 Å². The number of likely N-dealkylation sites (tertiary alicyclic amines) is 1. The van der Waals surface area contributed by atoms with Gasteiger partial charge in [-0.2, -0.15) is 0 Å². The van der Waals surface area contributed by atoms with E-state index in [0.717, 1.165) is 30.7 Å². The van der Waals surface area contributed by atoms with Gasteiger partial charge in [-0.15, -0.1) is 0 Å². The van der Waals surface area contributed by atoms with E-state index >= 15 is 0 Å². The van der Waals surface area contributed by atoms with Crippen LogP contribution < -0.4 is 0 Å². The van der Waals surface area contributed by atoms with E-state index in [-0.39, 0.29) is 0 Å². The van der Waals surface area contributed by atoms with E-state index in [4.69, 9.17) is 27.6 Å². The number of rotatable bonds is 4. The highest BCUT2D eigenvalue weighted by Crippen LogP contribution is 2.30. The highest BCUT2D eigenvalue weighted by atomic mass is 35.5. The fraction of sp³-hybridized carbons (Fsp3) is 0.353. The topological polar surface area (TPSA) is 53.7 Å². The van der Waals surface area contributed by atoms with Crippen molar-refractivity contribution in [2.75, 3.05) is 6.54 Å². The second-order valence-electron chi connectivity index (χ2n) is 5.72. The Balaban J connectivity index is 1.76. The number of carboxylic acid groups (broad SMARTS) is 1. The number of nitrogens with zero attached hydrogens (tertiary/aromatic N) is 1. The van der Waals surface area contributed by atoms with Crippen LogP contribution in [0.15, 0.2) is 34.7 Å². The van der Waals surface area contributed by atoms with Crippen molar-refractivity contribution in [3.8, 4) is 11.3 Å². The van der Waals surface area contributed by atoms with Gasteiger partial charge in [-0.1, -0.05) is 29.6 Å². The first-order chi connectivity index (χ1) is 11.0. The average Bonchev–Trinajstić information content (AvgIpc) is 2.99. The summed E-state index contributed by atoms with van der Waals surface area (Å²) in [5.41, 5.74) is 0.846. The first-order valence-corrected chi connectivity index (χ1v) is 8.31. The summed E-state index contributed by atoms with van der Waals surface area (Å²) in [6.45, 7) is 1.28. The molecule has 1 aromatic heterocycles. The molecule has 0 radical (unpaired) electrons. The molecule has 1 aliphatic rings. The zero-order valence-corrected chi connectivity index (χ0v) is 14.0. The maximum Gasteiger partial charge on any atom is 0.320 e. The molecule has 1 aliphatic heterocycles. The Labute approximate surface area is 144 Å². The van der Waals surface area contributed by atoms with Crippen LogP contribution in [0.4, 0.5) is 0 Å². The molecule has 2 aromatic rings. The Hall–Kier alpha value is -1.49. The van der Waals surface area contributed by atoms with E-state index in [1.54, 1.807) is 12.1 Å². The minimum Gasteiger partial charge on any atom is -0.480 e. The summed E-state index contributed by atoms with van der Waals surface area (Å²) in [7, 11) is 0. The standard InChI is InChI=1S/C17H17Cl2NO3/c18-13-6-4-11(9-14(13)19)16-7-5-12(23-16)10-20-8-2-1-3-15(20)17(21)22/h4-7,9,15H,1-3,8,10H2,(H,21,22). The number of carbonyl (C=O) groups is 1. The van der Waals surface area contributed by atoms with Crippen molar-refractivity contribution in [2.45, 2.75) is 31.8 Å². The van der Waals surface area contributed by atoms with Crippen molar-refractivity contribution in [2.24, 2.45) is 0 Å². The molecule has 1 atom stereocenters. The lowest BCUT2D eigenvalue weighted by Crippen LogP contribution is -2.43. The molecule has 1 saturated heterocycles. The van der Waals surface area contributed by atoms with Gasteiger partial charge in [0.1, 0.15) is 17.6 Å². The lowest BCUT2D eigenvalue weighted by Gasteiger charge is -2.31. The normalized spacial score (nSPS) is 19.0. The molecule has 0 saturated carbocycles. The summed E-state index contributed by atoms with van der Waals surface area (Å²) >= 11 is 12.0. The van der Waals surface area contributed by atoms with Crippen molar-refractivity contribution < 1.29 is 14.3 Å². The van der Waals surface area contributed by atoms with Gasteiger partial charge >= 0.3 is 5.97 Å². The molecule has 2 heterocycles. The van der Waals surface area contributed by atoms with Crippen molar-refractivity contribution in [3.05, 3.63) is 46.1 Å². The van der Waals surface area contributed by atoms with E-state index < -0.39 is 12.0 Å². The Morgan fingerprint density at radius 2 is 2.04 bits per heavy atom. The predicted molar refractivity (Wildman–Crippen MR) is 89.8 cm³/mol. The number of aliphatic carboxylic acids is 1. The minimum atomic E-state index is -0.763. The number of halogens is 2. The second kappa shape index (κ2) is 6.95. The SMILES string of the molecule is O=C(O)C1CCCCN1Cc1ccc(-c2ccc(Cl)c(Cl)c2)o1. The molecule has 1 aromatic carbocycles. The molecule has 3 rings (SSSR count). The maximum atomic E-state index is 11.4. The highest BCUT2D eigenvalue weighted by molar-refractivity contribution is 6.42. The summed E-state index contributed by atoms with van der Waals surface area (Å²) in [6, 6.07) is 8.65. The summed E-state index contributed by atoms with van der Waals surface area (Å²) in [5, 5.41) is 10.3. The third kappa shape index (κ3) is 3.71. The number of hydrogen-bond acceptors (Lipinski definition) is 3. The smallest absolute Gasteiger partial charge is 0.320 e. The summed E-state index contributed by atoms with van der Waals surface area (Å²) in [6.07, 6.45) is 2.67. The number of carboxylic acids is 1. The lowest BCUT2D eigenvalue weighted by atomic mass is 10.0. The molecule has 6 heteroatoms. The Bertz CT molecular complexity index is 714. The molecule has 1 fully saturated rings. The molecular formula is C17H17Cl2NO3. The van der Waals surface area contributed by atoms with E-state index in [2.05, 4.69) is 0 Å². The van der Waals surface area contributed by atoms with Gasteiger partial charge in [0.05, 0.1) is 16.6 Å². The molecule has 0 spiro atoms. The number of benzene rings is 1. The highest BCUT2D eigenvalue weighted by Gasteiger charge is 2.28. The van der Waals surface area contributed by atoms with Crippen LogP contribution in [0.1, 0.15) is 25.0 Å². The van der Waals surface area contributed by atoms with Gasteiger partial charge in [0.2, 0.25) is 0 Å². The molecule has 0 bridgehead atoms. The third-order valence-corrected chi connectivity index (χ3v) is 4.86. The second-order valence-corrected chi connectivity index (χ2v) is 6.53. The Kier molecular flexibility index (Phi) is 4.95. The summed E-state index contributed by atoms with van der Waals surface area (Å²) < 4.78 is 5.86. The van der Waals surface area contributed by atoms with Crippen LogP contribution in [0.5, 0.6) is 0 Å². The zero-order chi connectivity index (χ0) is 16.4. The molecule has 23 heavy (non-hydrogen) atoms. The summed E-state index contributed by atoms with van der Waals surface area (Å²) in [4.78, 5) is 13.3. The molecule has 0 amide bonds. The first-order valence-electron chi connectivity index (χ1n) is 7.55. The number of furan rings is 1.